The van der Waals surface area contributed by atoms with Gasteiger partial charge < -0.3 is 15.0 Å². The molecule has 0 unspecified atom stereocenters. The van der Waals surface area contributed by atoms with E-state index in [1.807, 2.05) is 25.6 Å². The fourth-order valence-electron chi connectivity index (χ4n) is 3.64. The predicted octanol–water partition coefficient (Wildman–Crippen LogP) is 1.26. The molecule has 0 aromatic carbocycles. The minimum absolute atomic E-state index is 0.0556. The number of methoxy groups -OCH3 is 1. The van der Waals surface area contributed by atoms with E-state index in [1.165, 1.54) is 6.07 Å². The van der Waals surface area contributed by atoms with E-state index in [9.17, 15) is 9.59 Å². The smallest absolute Gasteiger partial charge is 0.251 e. The van der Waals surface area contributed by atoms with E-state index in [0.717, 1.165) is 35.5 Å². The maximum absolute atomic E-state index is 12.3. The highest BCUT2D eigenvalue weighted by atomic mass is 16.5. The molecule has 0 atom stereocenters. The van der Waals surface area contributed by atoms with Crippen LogP contribution in [0.1, 0.15) is 53.7 Å². The molecule has 2 aromatic rings. The molecule has 8 nitrogen and oxygen atoms in total. The highest BCUT2D eigenvalue weighted by molar-refractivity contribution is 5.76. The summed E-state index contributed by atoms with van der Waals surface area (Å²) in [5.74, 6) is 0.797. The van der Waals surface area contributed by atoms with Crippen LogP contribution in [0.5, 0.6) is 0 Å². The van der Waals surface area contributed by atoms with Crippen LogP contribution >= 0.6 is 0 Å². The van der Waals surface area contributed by atoms with Crippen LogP contribution in [0.15, 0.2) is 10.9 Å². The lowest BCUT2D eigenvalue weighted by Gasteiger charge is -2.35. The summed E-state index contributed by atoms with van der Waals surface area (Å²) >= 11 is 0. The van der Waals surface area contributed by atoms with Gasteiger partial charge in [0.15, 0.2) is 0 Å². The third-order valence-corrected chi connectivity index (χ3v) is 5.27. The molecule has 0 aliphatic heterocycles. The Bertz CT molecular complexity index is 880. The summed E-state index contributed by atoms with van der Waals surface area (Å²) in [6.07, 6.45) is 2.76. The number of amides is 1. The fraction of sp³-hybridized carbons (Fsp3) is 0.579. The van der Waals surface area contributed by atoms with E-state index < -0.39 is 0 Å². The van der Waals surface area contributed by atoms with E-state index in [0.29, 0.717) is 18.7 Å². The van der Waals surface area contributed by atoms with Crippen molar-refractivity contribution >= 4 is 5.91 Å². The van der Waals surface area contributed by atoms with Crippen molar-refractivity contribution in [3.63, 3.8) is 0 Å². The number of hydrogen-bond acceptors (Lipinski definition) is 5. The van der Waals surface area contributed by atoms with Crippen LogP contribution in [0.25, 0.3) is 0 Å². The molecule has 0 radical (unpaired) electrons. The molecular weight excluding hydrogens is 346 g/mol. The highest BCUT2D eigenvalue weighted by Crippen LogP contribution is 2.35. The van der Waals surface area contributed by atoms with Gasteiger partial charge in [0.05, 0.1) is 11.4 Å². The lowest BCUT2D eigenvalue weighted by Crippen LogP contribution is -2.43. The predicted molar refractivity (Wildman–Crippen MR) is 100 cm³/mol. The minimum atomic E-state index is -0.165. The van der Waals surface area contributed by atoms with Crippen molar-refractivity contribution in [2.45, 2.75) is 58.1 Å². The van der Waals surface area contributed by atoms with Crippen LogP contribution < -0.4 is 10.9 Å². The topological polar surface area (TPSA) is 102 Å². The third kappa shape index (κ3) is 4.44. The molecule has 2 aromatic heterocycles. The van der Waals surface area contributed by atoms with Crippen molar-refractivity contribution in [2.24, 2.45) is 7.05 Å². The molecule has 1 aliphatic carbocycles. The molecule has 0 bridgehead atoms. The van der Waals surface area contributed by atoms with Gasteiger partial charge in [0, 0.05) is 44.3 Å². The summed E-state index contributed by atoms with van der Waals surface area (Å²) in [6.45, 7) is 4.28. The van der Waals surface area contributed by atoms with E-state index in [-0.39, 0.29) is 30.0 Å². The van der Waals surface area contributed by atoms with Gasteiger partial charge in [-0.15, -0.1) is 0 Å². The first-order valence-electron chi connectivity index (χ1n) is 9.25. The van der Waals surface area contributed by atoms with Gasteiger partial charge in [0.25, 0.3) is 5.56 Å². The number of aromatic amines is 1. The number of aryl methyl sites for hydroxylation is 2. The fourth-order valence-corrected chi connectivity index (χ4v) is 3.64. The quantitative estimate of drug-likeness (QED) is 0.761. The summed E-state index contributed by atoms with van der Waals surface area (Å²) in [6, 6.07) is 1.68. The molecule has 0 spiro atoms. The molecule has 27 heavy (non-hydrogen) atoms. The first kappa shape index (κ1) is 19.3. The number of H-pyrrole nitrogens is 1. The van der Waals surface area contributed by atoms with Gasteiger partial charge in [-0.05, 0) is 38.7 Å². The standard InChI is InChI=1S/C19H27N5O3/c1-11-15(12(2)24(3)23-11)5-6-18(25)20-14-7-13(8-14)16-9-19(26)22-17(21-16)10-27-4/h9,13-14H,5-8,10H2,1-4H3,(H,20,25)(H,21,22,26). The lowest BCUT2D eigenvalue weighted by molar-refractivity contribution is -0.122. The number of nitrogens with one attached hydrogen (secondary N) is 2. The molecular formula is C19H27N5O3. The molecule has 3 rings (SSSR count). The zero-order valence-corrected chi connectivity index (χ0v) is 16.3. The summed E-state index contributed by atoms with van der Waals surface area (Å²) in [7, 11) is 3.48. The zero-order valence-electron chi connectivity index (χ0n) is 16.3. The number of carbonyl (C=O) groups is 1. The Morgan fingerprint density at radius 1 is 1.41 bits per heavy atom. The van der Waals surface area contributed by atoms with Crippen LogP contribution in [-0.4, -0.2) is 38.8 Å². The van der Waals surface area contributed by atoms with Crippen molar-refractivity contribution in [1.82, 2.24) is 25.1 Å². The second-order valence-corrected chi connectivity index (χ2v) is 7.26. The SMILES string of the molecule is COCc1nc(C2CC(NC(=O)CCc3c(C)nn(C)c3C)C2)cc(=O)[nH]1. The Hall–Kier alpha value is -2.48. The van der Waals surface area contributed by atoms with Gasteiger partial charge in [0.2, 0.25) is 5.91 Å². The van der Waals surface area contributed by atoms with Crippen LogP contribution in [0.2, 0.25) is 0 Å². The van der Waals surface area contributed by atoms with Gasteiger partial charge in [-0.3, -0.25) is 14.3 Å². The molecule has 1 aliphatic rings. The molecule has 8 heteroatoms. The molecule has 2 heterocycles. The Balaban J connectivity index is 1.49. The van der Waals surface area contributed by atoms with Gasteiger partial charge in [-0.2, -0.15) is 5.10 Å². The van der Waals surface area contributed by atoms with E-state index >= 15 is 0 Å². The highest BCUT2D eigenvalue weighted by Gasteiger charge is 2.32. The van der Waals surface area contributed by atoms with Crippen molar-refractivity contribution < 1.29 is 9.53 Å². The second kappa shape index (κ2) is 8.04. The second-order valence-electron chi connectivity index (χ2n) is 7.26. The number of aromatic nitrogens is 4. The van der Waals surface area contributed by atoms with Crippen molar-refractivity contribution in [3.8, 4) is 0 Å². The van der Waals surface area contributed by atoms with E-state index in [1.54, 1.807) is 7.11 Å². The number of rotatable bonds is 7. The average molecular weight is 373 g/mol. The molecule has 1 fully saturated rings. The molecule has 146 valence electrons. The molecule has 1 saturated carbocycles. The van der Waals surface area contributed by atoms with Crippen molar-refractivity contribution in [3.05, 3.63) is 44.9 Å². The van der Waals surface area contributed by atoms with Crippen LogP contribution in [0.4, 0.5) is 0 Å². The van der Waals surface area contributed by atoms with Crippen molar-refractivity contribution in [1.29, 1.82) is 0 Å². The zero-order chi connectivity index (χ0) is 19.6. The Morgan fingerprint density at radius 2 is 2.15 bits per heavy atom. The van der Waals surface area contributed by atoms with Gasteiger partial charge in [-0.1, -0.05) is 0 Å². The Morgan fingerprint density at radius 3 is 2.78 bits per heavy atom. The number of hydrogen-bond donors (Lipinski definition) is 2. The normalized spacial score (nSPS) is 19.0. The van der Waals surface area contributed by atoms with E-state index in [4.69, 9.17) is 4.74 Å². The van der Waals surface area contributed by atoms with E-state index in [2.05, 4.69) is 20.4 Å². The molecule has 0 saturated heterocycles. The van der Waals surface area contributed by atoms with Gasteiger partial charge in [-0.25, -0.2) is 4.98 Å². The Kier molecular flexibility index (Phi) is 5.74. The van der Waals surface area contributed by atoms with Crippen LogP contribution in [-0.2, 0) is 29.6 Å². The summed E-state index contributed by atoms with van der Waals surface area (Å²) in [5.41, 5.74) is 3.85. The minimum Gasteiger partial charge on any atom is -0.377 e. The van der Waals surface area contributed by atoms with Gasteiger partial charge >= 0.3 is 0 Å². The first-order valence-corrected chi connectivity index (χ1v) is 9.25. The van der Waals surface area contributed by atoms with Crippen molar-refractivity contribution in [2.75, 3.05) is 7.11 Å². The first-order chi connectivity index (χ1) is 12.9. The average Bonchev–Trinajstić information content (AvgIpc) is 2.80. The van der Waals surface area contributed by atoms with Crippen LogP contribution in [0, 0.1) is 13.8 Å². The van der Waals surface area contributed by atoms with Crippen LogP contribution in [0.3, 0.4) is 0 Å². The maximum atomic E-state index is 12.3. The lowest BCUT2D eigenvalue weighted by atomic mass is 9.78. The summed E-state index contributed by atoms with van der Waals surface area (Å²) in [4.78, 5) is 31.1. The number of nitrogens with zero attached hydrogens (tertiary/aromatic N) is 3. The summed E-state index contributed by atoms with van der Waals surface area (Å²) in [5, 5.41) is 7.47. The largest absolute Gasteiger partial charge is 0.377 e. The number of ether oxygens (including phenoxy) is 1. The monoisotopic (exact) mass is 373 g/mol. The molecule has 2 N–H and O–H groups in total. The molecule has 1 amide bonds. The Labute approximate surface area is 158 Å². The maximum Gasteiger partial charge on any atom is 0.251 e. The van der Waals surface area contributed by atoms with Gasteiger partial charge in [0.1, 0.15) is 12.4 Å². The number of carbonyl (C=O) groups excluding carboxylic acids is 1. The third-order valence-electron chi connectivity index (χ3n) is 5.27. The summed E-state index contributed by atoms with van der Waals surface area (Å²) < 4.78 is 6.88.